The molecule has 0 unspecified atom stereocenters. The van der Waals surface area contributed by atoms with E-state index < -0.39 is 16.0 Å². The predicted octanol–water partition coefficient (Wildman–Crippen LogP) is 0.455. The van der Waals surface area contributed by atoms with E-state index in [-0.39, 0.29) is 0 Å². The van der Waals surface area contributed by atoms with Crippen LogP contribution in [-0.4, -0.2) is 73.4 Å². The van der Waals surface area contributed by atoms with Crippen LogP contribution in [-0.2, 0) is 14.8 Å². The molecule has 3 N–H and O–H groups in total. The van der Waals surface area contributed by atoms with Crippen LogP contribution in [0.4, 0.5) is 0 Å². The SMILES string of the molecule is CC(=O)O.Cc1ccc(-n2cccn2)cc1S(=O)(=O)NCCN1CCNCC1. The Morgan fingerprint density at radius 2 is 2.00 bits per heavy atom. The van der Waals surface area contributed by atoms with E-state index in [4.69, 9.17) is 9.90 Å². The summed E-state index contributed by atoms with van der Waals surface area (Å²) in [7, 11) is -3.54. The molecule has 2 heterocycles. The number of carboxylic acid groups (broad SMARTS) is 1. The second-order valence-corrected chi connectivity index (χ2v) is 8.14. The number of aryl methyl sites for hydroxylation is 1. The molecule has 0 bridgehead atoms. The fourth-order valence-electron chi connectivity index (χ4n) is 2.79. The molecule has 154 valence electrons. The normalized spacial score (nSPS) is 14.9. The van der Waals surface area contributed by atoms with E-state index in [9.17, 15) is 8.42 Å². The van der Waals surface area contributed by atoms with Crippen LogP contribution in [0.2, 0.25) is 0 Å². The third-order valence-electron chi connectivity index (χ3n) is 4.16. The van der Waals surface area contributed by atoms with Gasteiger partial charge in [0.1, 0.15) is 0 Å². The molecule has 2 aromatic rings. The van der Waals surface area contributed by atoms with E-state index in [1.807, 2.05) is 12.1 Å². The third-order valence-corrected chi connectivity index (χ3v) is 5.76. The summed E-state index contributed by atoms with van der Waals surface area (Å²) in [6.45, 7) is 7.84. The van der Waals surface area contributed by atoms with Gasteiger partial charge in [0.2, 0.25) is 10.0 Å². The van der Waals surface area contributed by atoms with E-state index in [0.717, 1.165) is 50.9 Å². The molecule has 1 aromatic carbocycles. The number of rotatable bonds is 6. The highest BCUT2D eigenvalue weighted by molar-refractivity contribution is 7.89. The number of nitrogens with one attached hydrogen (secondary N) is 2. The zero-order valence-corrected chi connectivity index (χ0v) is 16.9. The van der Waals surface area contributed by atoms with Gasteiger partial charge in [-0.05, 0) is 30.7 Å². The van der Waals surface area contributed by atoms with Gasteiger partial charge in [0, 0.05) is 58.6 Å². The first-order chi connectivity index (χ1) is 13.3. The minimum Gasteiger partial charge on any atom is -0.481 e. The van der Waals surface area contributed by atoms with Crippen molar-refractivity contribution in [3.05, 3.63) is 42.2 Å². The quantitative estimate of drug-likeness (QED) is 0.634. The van der Waals surface area contributed by atoms with Crippen molar-refractivity contribution >= 4 is 16.0 Å². The maximum Gasteiger partial charge on any atom is 0.300 e. The fourth-order valence-corrected chi connectivity index (χ4v) is 4.08. The van der Waals surface area contributed by atoms with Crippen molar-refractivity contribution in [3.63, 3.8) is 0 Å². The molecule has 0 radical (unpaired) electrons. The molecule has 0 spiro atoms. The topological polar surface area (TPSA) is 117 Å². The van der Waals surface area contributed by atoms with Crippen LogP contribution < -0.4 is 10.0 Å². The van der Waals surface area contributed by atoms with Gasteiger partial charge in [0.05, 0.1) is 10.6 Å². The number of carbonyl (C=O) groups is 1. The van der Waals surface area contributed by atoms with Crippen molar-refractivity contribution in [3.8, 4) is 5.69 Å². The van der Waals surface area contributed by atoms with Gasteiger partial charge in [-0.25, -0.2) is 17.8 Å². The summed E-state index contributed by atoms with van der Waals surface area (Å²) in [6.07, 6.45) is 3.46. The molecule has 0 amide bonds. The Hall–Kier alpha value is -2.27. The molecule has 1 aliphatic heterocycles. The van der Waals surface area contributed by atoms with Crippen molar-refractivity contribution in [1.29, 1.82) is 0 Å². The van der Waals surface area contributed by atoms with Gasteiger partial charge in [-0.2, -0.15) is 5.10 Å². The highest BCUT2D eigenvalue weighted by Crippen LogP contribution is 2.19. The van der Waals surface area contributed by atoms with Crippen LogP contribution in [0.5, 0.6) is 0 Å². The molecule has 0 atom stereocenters. The first-order valence-corrected chi connectivity index (χ1v) is 10.5. The molecular weight excluding hydrogens is 382 g/mol. The average Bonchev–Trinajstić information content (AvgIpc) is 3.17. The number of aromatic nitrogens is 2. The molecule has 1 aliphatic rings. The van der Waals surface area contributed by atoms with Gasteiger partial charge in [-0.1, -0.05) is 6.07 Å². The number of hydrogen-bond donors (Lipinski definition) is 3. The Bertz CT molecular complexity index is 858. The summed E-state index contributed by atoms with van der Waals surface area (Å²) in [5.74, 6) is -0.833. The average molecular weight is 410 g/mol. The highest BCUT2D eigenvalue weighted by Gasteiger charge is 2.18. The molecule has 28 heavy (non-hydrogen) atoms. The summed E-state index contributed by atoms with van der Waals surface area (Å²) in [6, 6.07) is 7.14. The zero-order chi connectivity index (χ0) is 20.6. The molecular formula is C18H27N5O4S. The molecule has 10 heteroatoms. The maximum absolute atomic E-state index is 12.6. The molecule has 1 aromatic heterocycles. The number of nitrogens with zero attached hydrogens (tertiary/aromatic N) is 3. The Morgan fingerprint density at radius 3 is 2.61 bits per heavy atom. The lowest BCUT2D eigenvalue weighted by atomic mass is 10.2. The Morgan fingerprint density at radius 1 is 1.32 bits per heavy atom. The van der Waals surface area contributed by atoms with Crippen LogP contribution in [0, 0.1) is 6.92 Å². The summed E-state index contributed by atoms with van der Waals surface area (Å²) in [5, 5.41) is 14.9. The number of hydrogen-bond acceptors (Lipinski definition) is 6. The zero-order valence-electron chi connectivity index (χ0n) is 16.1. The van der Waals surface area contributed by atoms with E-state index in [1.54, 1.807) is 36.1 Å². The van der Waals surface area contributed by atoms with Gasteiger partial charge in [0.15, 0.2) is 0 Å². The van der Waals surface area contributed by atoms with Crippen molar-refractivity contribution in [2.45, 2.75) is 18.7 Å². The first-order valence-electron chi connectivity index (χ1n) is 9.02. The van der Waals surface area contributed by atoms with Crippen molar-refractivity contribution < 1.29 is 18.3 Å². The van der Waals surface area contributed by atoms with Crippen molar-refractivity contribution in [2.24, 2.45) is 0 Å². The molecule has 1 fully saturated rings. The third kappa shape index (κ3) is 6.71. The molecule has 3 rings (SSSR count). The smallest absolute Gasteiger partial charge is 0.300 e. The predicted molar refractivity (Wildman–Crippen MR) is 106 cm³/mol. The monoisotopic (exact) mass is 409 g/mol. The van der Waals surface area contributed by atoms with Gasteiger partial charge >= 0.3 is 0 Å². The van der Waals surface area contributed by atoms with Crippen LogP contribution in [0.3, 0.4) is 0 Å². The fraction of sp³-hybridized carbons (Fsp3) is 0.444. The lowest BCUT2D eigenvalue weighted by Crippen LogP contribution is -2.46. The van der Waals surface area contributed by atoms with Gasteiger partial charge in [-0.3, -0.25) is 9.69 Å². The summed E-state index contributed by atoms with van der Waals surface area (Å²) in [5.41, 5.74) is 1.45. The minimum absolute atomic E-state index is 0.302. The van der Waals surface area contributed by atoms with Crippen molar-refractivity contribution in [2.75, 3.05) is 39.3 Å². The summed E-state index contributed by atoms with van der Waals surface area (Å²) in [4.78, 5) is 11.6. The Balaban J connectivity index is 0.000000640. The molecule has 0 aliphatic carbocycles. The molecule has 0 saturated carbocycles. The largest absolute Gasteiger partial charge is 0.481 e. The number of benzene rings is 1. The van der Waals surface area contributed by atoms with E-state index in [0.29, 0.717) is 11.4 Å². The second kappa shape index (κ2) is 10.3. The van der Waals surface area contributed by atoms with E-state index in [2.05, 4.69) is 20.0 Å². The molecule has 9 nitrogen and oxygen atoms in total. The number of aliphatic carboxylic acids is 1. The standard InChI is InChI=1S/C16H23N5O2S.C2H4O2/c1-14-3-4-15(21-9-2-5-18-21)13-16(14)24(22,23)19-8-12-20-10-6-17-7-11-20;1-2(3)4/h2-5,9,13,17,19H,6-8,10-12H2,1H3;1H3,(H,3,4). The van der Waals surface area contributed by atoms with E-state index in [1.165, 1.54) is 0 Å². The van der Waals surface area contributed by atoms with E-state index >= 15 is 0 Å². The Kier molecular flexibility index (Phi) is 8.12. The number of piperazine rings is 1. The molecule has 1 saturated heterocycles. The number of carboxylic acids is 1. The number of sulfonamides is 1. The van der Waals surface area contributed by atoms with Gasteiger partial charge in [-0.15, -0.1) is 0 Å². The lowest BCUT2D eigenvalue weighted by Gasteiger charge is -2.27. The van der Waals surface area contributed by atoms with Crippen molar-refractivity contribution in [1.82, 2.24) is 24.7 Å². The van der Waals surface area contributed by atoms with Gasteiger partial charge in [0.25, 0.3) is 5.97 Å². The lowest BCUT2D eigenvalue weighted by molar-refractivity contribution is -0.134. The van der Waals surface area contributed by atoms with Crippen LogP contribution in [0.25, 0.3) is 5.69 Å². The van der Waals surface area contributed by atoms with Crippen LogP contribution in [0.1, 0.15) is 12.5 Å². The van der Waals surface area contributed by atoms with Gasteiger partial charge < -0.3 is 10.4 Å². The second-order valence-electron chi connectivity index (χ2n) is 6.41. The van der Waals surface area contributed by atoms with Crippen LogP contribution in [0.15, 0.2) is 41.6 Å². The highest BCUT2D eigenvalue weighted by atomic mass is 32.2. The minimum atomic E-state index is -3.54. The summed E-state index contributed by atoms with van der Waals surface area (Å²) < 4.78 is 29.7. The summed E-state index contributed by atoms with van der Waals surface area (Å²) >= 11 is 0. The van der Waals surface area contributed by atoms with Crippen LogP contribution >= 0.6 is 0 Å². The Labute approximate surface area is 165 Å². The maximum atomic E-state index is 12.6. The first kappa shape index (κ1) is 22.0.